The number of alkyl halides is 5. The molecule has 0 saturated heterocycles. The maximum absolute atomic E-state index is 12.7. The van der Waals surface area contributed by atoms with E-state index in [1.807, 2.05) is 0 Å². The number of nitrogens with zero attached hydrogens (tertiary/aromatic N) is 1. The number of hydrogen-bond acceptors (Lipinski definition) is 4. The molecule has 118 valence electrons. The summed E-state index contributed by atoms with van der Waals surface area (Å²) in [5.74, 6) is -7.86. The third-order valence-electron chi connectivity index (χ3n) is 2.17. The van der Waals surface area contributed by atoms with Crippen LogP contribution in [0, 0.1) is 0 Å². The molecule has 1 aromatic heterocycles. The van der Waals surface area contributed by atoms with Gasteiger partial charge in [0, 0.05) is 13.2 Å². The summed E-state index contributed by atoms with van der Waals surface area (Å²) in [4.78, 5) is 14.5. The lowest BCUT2D eigenvalue weighted by Crippen LogP contribution is -2.47. The van der Waals surface area contributed by atoms with Crippen molar-refractivity contribution in [3.8, 4) is 5.88 Å². The van der Waals surface area contributed by atoms with Crippen molar-refractivity contribution < 1.29 is 36.2 Å². The van der Waals surface area contributed by atoms with Gasteiger partial charge in [0.2, 0.25) is 5.88 Å². The van der Waals surface area contributed by atoms with E-state index in [2.05, 4.69) is 4.98 Å². The molecule has 0 aromatic carbocycles. The minimum Gasteiger partial charge on any atom is -0.475 e. The van der Waals surface area contributed by atoms with Crippen LogP contribution in [0.3, 0.4) is 0 Å². The molecule has 0 bridgehead atoms. The monoisotopic (exact) mass is 314 g/mol. The molecule has 0 saturated carbocycles. The molecule has 0 radical (unpaired) electrons. The number of aromatic nitrogens is 1. The summed E-state index contributed by atoms with van der Waals surface area (Å²) in [6, 6.07) is 2.29. The molecule has 5 nitrogen and oxygen atoms in total. The van der Waals surface area contributed by atoms with Crippen LogP contribution in [0.1, 0.15) is 0 Å². The molecular formula is C11H11F5N2O3. The molecule has 1 amide bonds. The van der Waals surface area contributed by atoms with E-state index in [1.165, 1.54) is 18.5 Å². The number of carbonyl (C=O) groups excluding carboxylic acids is 1. The fourth-order valence-corrected chi connectivity index (χ4v) is 1.11. The van der Waals surface area contributed by atoms with Crippen LogP contribution in [0.15, 0.2) is 18.3 Å². The van der Waals surface area contributed by atoms with Gasteiger partial charge in [-0.3, -0.25) is 4.79 Å². The number of halogens is 5. The highest BCUT2D eigenvalue weighted by Crippen LogP contribution is 2.36. The van der Waals surface area contributed by atoms with Gasteiger partial charge in [-0.05, 0) is 6.07 Å². The van der Waals surface area contributed by atoms with Crippen LogP contribution in [-0.4, -0.2) is 43.3 Å². The van der Waals surface area contributed by atoms with E-state index in [-0.39, 0.29) is 24.8 Å². The smallest absolute Gasteiger partial charge is 0.463 e. The van der Waals surface area contributed by atoms with Gasteiger partial charge in [-0.1, -0.05) is 0 Å². The van der Waals surface area contributed by atoms with Crippen LogP contribution >= 0.6 is 0 Å². The van der Waals surface area contributed by atoms with Crippen molar-refractivity contribution in [3.05, 3.63) is 18.3 Å². The molecule has 0 aliphatic rings. The summed E-state index contributed by atoms with van der Waals surface area (Å²) in [7, 11) is 1.45. The Morgan fingerprint density at radius 3 is 2.38 bits per heavy atom. The molecule has 1 N–H and O–H groups in total. The number of anilines is 1. The van der Waals surface area contributed by atoms with E-state index in [0.29, 0.717) is 0 Å². The lowest BCUT2D eigenvalue weighted by atomic mass is 10.3. The van der Waals surface area contributed by atoms with Gasteiger partial charge in [0.15, 0.2) is 0 Å². The topological polar surface area (TPSA) is 60.5 Å². The van der Waals surface area contributed by atoms with Gasteiger partial charge in [0.25, 0.3) is 0 Å². The maximum Gasteiger partial charge on any atom is 0.463 e. The molecule has 0 spiro atoms. The summed E-state index contributed by atoms with van der Waals surface area (Å²) in [5, 5.41) is 1.43. The van der Waals surface area contributed by atoms with Crippen molar-refractivity contribution in [2.24, 2.45) is 0 Å². The fraction of sp³-hybridized carbons (Fsp3) is 0.455. The molecule has 0 unspecified atom stereocenters. The third-order valence-corrected chi connectivity index (χ3v) is 2.17. The second-order valence-corrected chi connectivity index (χ2v) is 3.75. The quantitative estimate of drug-likeness (QED) is 0.646. The Labute approximate surface area is 116 Å². The van der Waals surface area contributed by atoms with Gasteiger partial charge >= 0.3 is 18.0 Å². The first kappa shape index (κ1) is 17.1. The van der Waals surface area contributed by atoms with Gasteiger partial charge < -0.3 is 14.8 Å². The standard InChI is InChI=1S/C11H11F5N2O3/c1-20-4-5-21-8-3-2-7(6-17-8)18-9(19)10(12,13)11(14,15)16/h2-3,6H,4-5H2,1H3,(H,18,19). The van der Waals surface area contributed by atoms with Crippen LogP contribution in [0.25, 0.3) is 0 Å². The average Bonchev–Trinajstić information content (AvgIpc) is 2.39. The Hall–Kier alpha value is -1.97. The van der Waals surface area contributed by atoms with Gasteiger partial charge in [-0.2, -0.15) is 22.0 Å². The normalized spacial score (nSPS) is 12.1. The molecule has 0 fully saturated rings. The second-order valence-electron chi connectivity index (χ2n) is 3.75. The van der Waals surface area contributed by atoms with Crippen LogP contribution in [0.2, 0.25) is 0 Å². The van der Waals surface area contributed by atoms with Crippen LogP contribution < -0.4 is 10.1 Å². The lowest BCUT2D eigenvalue weighted by Gasteiger charge is -2.18. The van der Waals surface area contributed by atoms with Crippen molar-refractivity contribution in [1.82, 2.24) is 4.98 Å². The Bertz CT molecular complexity index is 476. The highest BCUT2D eigenvalue weighted by atomic mass is 19.4. The highest BCUT2D eigenvalue weighted by molar-refractivity contribution is 5.96. The first-order valence-electron chi connectivity index (χ1n) is 5.52. The molecule has 10 heteroatoms. The van der Waals surface area contributed by atoms with Crippen molar-refractivity contribution in [1.29, 1.82) is 0 Å². The van der Waals surface area contributed by atoms with Crippen LogP contribution in [0.4, 0.5) is 27.6 Å². The summed E-state index contributed by atoms with van der Waals surface area (Å²) in [6.07, 6.45) is -5.07. The lowest BCUT2D eigenvalue weighted by molar-refractivity contribution is -0.267. The SMILES string of the molecule is COCCOc1ccc(NC(=O)C(F)(F)C(F)(F)F)cn1. The highest BCUT2D eigenvalue weighted by Gasteiger charge is 2.63. The molecule has 1 aromatic rings. The van der Waals surface area contributed by atoms with E-state index < -0.39 is 18.0 Å². The Balaban J connectivity index is 2.65. The van der Waals surface area contributed by atoms with Crippen LogP contribution in [0.5, 0.6) is 5.88 Å². The van der Waals surface area contributed by atoms with Gasteiger partial charge in [0.05, 0.1) is 18.5 Å². The molecule has 0 aliphatic carbocycles. The zero-order valence-corrected chi connectivity index (χ0v) is 10.7. The minimum absolute atomic E-state index is 0.104. The van der Waals surface area contributed by atoms with E-state index in [4.69, 9.17) is 9.47 Å². The maximum atomic E-state index is 12.7. The molecule has 0 aliphatic heterocycles. The number of nitrogens with one attached hydrogen (secondary N) is 1. The predicted molar refractivity (Wildman–Crippen MR) is 61.2 cm³/mol. The summed E-state index contributed by atoms with van der Waals surface area (Å²) < 4.78 is 71.1. The number of carbonyl (C=O) groups is 1. The van der Waals surface area contributed by atoms with E-state index >= 15 is 0 Å². The second kappa shape index (κ2) is 6.66. The number of amides is 1. The predicted octanol–water partition coefficient (Wildman–Crippen LogP) is 2.24. The van der Waals surface area contributed by atoms with Gasteiger partial charge in [0.1, 0.15) is 6.61 Å². The number of hydrogen-bond donors (Lipinski definition) is 1. The Morgan fingerprint density at radius 2 is 1.90 bits per heavy atom. The Kier molecular flexibility index (Phi) is 5.41. The first-order valence-corrected chi connectivity index (χ1v) is 5.52. The van der Waals surface area contributed by atoms with Crippen molar-refractivity contribution in [2.75, 3.05) is 25.6 Å². The van der Waals surface area contributed by atoms with Gasteiger partial charge in [-0.25, -0.2) is 4.98 Å². The number of ether oxygens (including phenoxy) is 2. The first-order chi connectivity index (χ1) is 9.68. The van der Waals surface area contributed by atoms with Crippen molar-refractivity contribution in [3.63, 3.8) is 0 Å². The number of rotatable bonds is 6. The van der Waals surface area contributed by atoms with Crippen molar-refractivity contribution in [2.45, 2.75) is 12.1 Å². The Morgan fingerprint density at radius 1 is 1.24 bits per heavy atom. The largest absolute Gasteiger partial charge is 0.475 e. The zero-order valence-electron chi connectivity index (χ0n) is 10.7. The summed E-state index contributed by atoms with van der Waals surface area (Å²) >= 11 is 0. The fourth-order valence-electron chi connectivity index (χ4n) is 1.11. The molecule has 0 atom stereocenters. The van der Waals surface area contributed by atoms with Crippen molar-refractivity contribution >= 4 is 11.6 Å². The summed E-state index contributed by atoms with van der Waals surface area (Å²) in [6.45, 7) is 0.472. The van der Waals surface area contributed by atoms with E-state index in [0.717, 1.165) is 12.3 Å². The molecule has 1 rings (SSSR count). The number of pyridine rings is 1. The third kappa shape index (κ3) is 4.52. The van der Waals surface area contributed by atoms with Gasteiger partial charge in [-0.15, -0.1) is 0 Å². The van der Waals surface area contributed by atoms with Crippen LogP contribution in [-0.2, 0) is 9.53 Å². The van der Waals surface area contributed by atoms with E-state index in [9.17, 15) is 26.7 Å². The van der Waals surface area contributed by atoms with E-state index in [1.54, 1.807) is 0 Å². The average molecular weight is 314 g/mol. The number of methoxy groups -OCH3 is 1. The minimum atomic E-state index is -5.96. The molecule has 21 heavy (non-hydrogen) atoms. The molecule has 1 heterocycles. The summed E-state index contributed by atoms with van der Waals surface area (Å²) in [5.41, 5.74) is -0.317. The molecular weight excluding hydrogens is 303 g/mol. The zero-order chi connectivity index (χ0) is 16.1.